The molecule has 94 valence electrons. The summed E-state index contributed by atoms with van der Waals surface area (Å²) < 4.78 is 25.8. The molecule has 0 bridgehead atoms. The summed E-state index contributed by atoms with van der Waals surface area (Å²) in [5.41, 5.74) is 0. The highest BCUT2D eigenvalue weighted by molar-refractivity contribution is 9.09. The average molecular weight is 328 g/mol. The molecule has 1 N–H and O–H groups in total. The van der Waals surface area contributed by atoms with E-state index in [2.05, 4.69) is 15.9 Å². The van der Waals surface area contributed by atoms with E-state index in [0.717, 1.165) is 10.8 Å². The van der Waals surface area contributed by atoms with Crippen molar-refractivity contribution >= 4 is 42.6 Å². The SMILES string of the molecule is O=C(CBr)NS(=O)(=O)c1ccc2ccccc2c1. The lowest BCUT2D eigenvalue weighted by Gasteiger charge is -2.06. The third kappa shape index (κ3) is 2.70. The van der Waals surface area contributed by atoms with Gasteiger partial charge in [0.1, 0.15) is 0 Å². The smallest absolute Gasteiger partial charge is 0.264 e. The number of benzene rings is 2. The van der Waals surface area contributed by atoms with E-state index in [9.17, 15) is 13.2 Å². The molecular weight excluding hydrogens is 318 g/mol. The lowest BCUT2D eigenvalue weighted by atomic mass is 10.1. The van der Waals surface area contributed by atoms with Gasteiger partial charge in [0.2, 0.25) is 5.91 Å². The van der Waals surface area contributed by atoms with Crippen molar-refractivity contribution in [2.75, 3.05) is 5.33 Å². The summed E-state index contributed by atoms with van der Waals surface area (Å²) in [7, 11) is -3.79. The van der Waals surface area contributed by atoms with Crippen molar-refractivity contribution in [3.05, 3.63) is 42.5 Å². The second kappa shape index (κ2) is 5.07. The standard InChI is InChI=1S/C12H10BrNO3S/c13-8-12(15)14-18(16,17)11-6-5-9-3-1-2-4-10(9)7-11/h1-7H,8H2,(H,14,15). The minimum atomic E-state index is -3.79. The van der Waals surface area contributed by atoms with Crippen molar-refractivity contribution < 1.29 is 13.2 Å². The van der Waals surface area contributed by atoms with Gasteiger partial charge in [-0.1, -0.05) is 46.3 Å². The normalized spacial score (nSPS) is 11.4. The fourth-order valence-corrected chi connectivity index (χ4v) is 2.92. The number of sulfonamides is 1. The molecule has 0 saturated heterocycles. The first-order chi connectivity index (χ1) is 8.53. The number of amides is 1. The largest absolute Gasteiger partial charge is 0.273 e. The number of nitrogens with one attached hydrogen (secondary N) is 1. The molecule has 1 amide bonds. The molecule has 6 heteroatoms. The Labute approximate surface area is 113 Å². The zero-order valence-corrected chi connectivity index (χ0v) is 11.7. The summed E-state index contributed by atoms with van der Waals surface area (Å²) in [6, 6.07) is 12.1. The Morgan fingerprint density at radius 1 is 1.11 bits per heavy atom. The van der Waals surface area contributed by atoms with Crippen LogP contribution in [-0.2, 0) is 14.8 Å². The van der Waals surface area contributed by atoms with E-state index in [1.54, 1.807) is 12.1 Å². The second-order valence-electron chi connectivity index (χ2n) is 3.67. The summed E-state index contributed by atoms with van der Waals surface area (Å²) in [4.78, 5) is 11.2. The molecule has 2 aromatic carbocycles. The van der Waals surface area contributed by atoms with E-state index in [0.29, 0.717) is 0 Å². The monoisotopic (exact) mass is 327 g/mol. The predicted octanol–water partition coefficient (Wildman–Crippen LogP) is 2.04. The highest BCUT2D eigenvalue weighted by Gasteiger charge is 2.16. The summed E-state index contributed by atoms with van der Waals surface area (Å²) in [5.74, 6) is -0.594. The second-order valence-corrected chi connectivity index (χ2v) is 5.91. The maximum Gasteiger partial charge on any atom is 0.264 e. The molecule has 0 fully saturated rings. The molecule has 4 nitrogen and oxygen atoms in total. The Balaban J connectivity index is 2.45. The van der Waals surface area contributed by atoms with E-state index in [-0.39, 0.29) is 10.2 Å². The molecule has 0 atom stereocenters. The third-order valence-corrected chi connectivity index (χ3v) is 4.28. The molecule has 0 unspecified atom stereocenters. The topological polar surface area (TPSA) is 63.2 Å². The molecular formula is C12H10BrNO3S. The number of hydrogen-bond donors (Lipinski definition) is 1. The molecule has 0 spiro atoms. The van der Waals surface area contributed by atoms with Gasteiger partial charge in [-0.15, -0.1) is 0 Å². The van der Waals surface area contributed by atoms with Gasteiger partial charge in [0.05, 0.1) is 10.2 Å². The lowest BCUT2D eigenvalue weighted by molar-refractivity contribution is -0.116. The number of hydrogen-bond acceptors (Lipinski definition) is 3. The Morgan fingerprint density at radius 3 is 2.44 bits per heavy atom. The van der Waals surface area contributed by atoms with E-state index >= 15 is 0 Å². The molecule has 0 radical (unpaired) electrons. The molecule has 0 aliphatic carbocycles. The maximum atomic E-state index is 11.9. The highest BCUT2D eigenvalue weighted by Crippen LogP contribution is 2.18. The van der Waals surface area contributed by atoms with Crippen molar-refractivity contribution in [3.63, 3.8) is 0 Å². The van der Waals surface area contributed by atoms with Gasteiger partial charge in [-0.05, 0) is 22.9 Å². The van der Waals surface area contributed by atoms with Gasteiger partial charge in [0, 0.05) is 0 Å². The first kappa shape index (κ1) is 13.0. The van der Waals surface area contributed by atoms with Gasteiger partial charge < -0.3 is 0 Å². The molecule has 0 aromatic heterocycles. The number of carbonyl (C=O) groups is 1. The summed E-state index contributed by atoms with van der Waals surface area (Å²) in [5, 5.41) is 1.70. The summed E-state index contributed by atoms with van der Waals surface area (Å²) >= 11 is 2.90. The molecule has 2 rings (SSSR count). The number of halogens is 1. The number of rotatable bonds is 3. The van der Waals surface area contributed by atoms with Gasteiger partial charge in [-0.25, -0.2) is 13.1 Å². The first-order valence-electron chi connectivity index (χ1n) is 5.13. The van der Waals surface area contributed by atoms with Crippen LogP contribution in [0.1, 0.15) is 0 Å². The van der Waals surface area contributed by atoms with Crippen LogP contribution < -0.4 is 4.72 Å². The molecule has 0 aliphatic rings. The van der Waals surface area contributed by atoms with Crippen LogP contribution in [0.5, 0.6) is 0 Å². The van der Waals surface area contributed by atoms with Crippen LogP contribution in [0.2, 0.25) is 0 Å². The Kier molecular flexibility index (Phi) is 3.68. The van der Waals surface area contributed by atoms with E-state index < -0.39 is 15.9 Å². The number of alkyl halides is 1. The van der Waals surface area contributed by atoms with Crippen LogP contribution in [0.4, 0.5) is 0 Å². The average Bonchev–Trinajstić information content (AvgIpc) is 2.37. The molecule has 0 heterocycles. The minimum absolute atomic E-state index is 0.0557. The highest BCUT2D eigenvalue weighted by atomic mass is 79.9. The summed E-state index contributed by atoms with van der Waals surface area (Å²) in [6.45, 7) is 0. The lowest BCUT2D eigenvalue weighted by Crippen LogP contribution is -2.31. The van der Waals surface area contributed by atoms with Gasteiger partial charge in [0.15, 0.2) is 0 Å². The van der Waals surface area contributed by atoms with E-state index in [1.807, 2.05) is 29.0 Å². The van der Waals surface area contributed by atoms with Crippen LogP contribution in [0.15, 0.2) is 47.4 Å². The van der Waals surface area contributed by atoms with Crippen molar-refractivity contribution in [3.8, 4) is 0 Å². The van der Waals surface area contributed by atoms with Gasteiger partial charge in [0.25, 0.3) is 10.0 Å². The predicted molar refractivity (Wildman–Crippen MR) is 73.1 cm³/mol. The zero-order chi connectivity index (χ0) is 13.2. The van der Waals surface area contributed by atoms with Crippen LogP contribution in [-0.4, -0.2) is 19.7 Å². The van der Waals surface area contributed by atoms with E-state index in [4.69, 9.17) is 0 Å². The first-order valence-corrected chi connectivity index (χ1v) is 7.74. The Hall–Kier alpha value is -1.40. The molecule has 18 heavy (non-hydrogen) atoms. The van der Waals surface area contributed by atoms with Crippen molar-refractivity contribution in [2.45, 2.75) is 4.90 Å². The molecule has 2 aromatic rings. The van der Waals surface area contributed by atoms with Crippen molar-refractivity contribution in [1.29, 1.82) is 0 Å². The fourth-order valence-electron chi connectivity index (χ4n) is 1.57. The van der Waals surface area contributed by atoms with Gasteiger partial charge >= 0.3 is 0 Å². The van der Waals surface area contributed by atoms with Crippen LogP contribution in [0.3, 0.4) is 0 Å². The molecule has 0 saturated carbocycles. The van der Waals surface area contributed by atoms with Gasteiger partial charge in [-0.2, -0.15) is 0 Å². The minimum Gasteiger partial charge on any atom is -0.273 e. The third-order valence-electron chi connectivity index (χ3n) is 2.40. The summed E-state index contributed by atoms with van der Waals surface area (Å²) in [6.07, 6.45) is 0. The van der Waals surface area contributed by atoms with Crippen LogP contribution >= 0.6 is 15.9 Å². The number of carbonyl (C=O) groups excluding carboxylic acids is 1. The van der Waals surface area contributed by atoms with Crippen molar-refractivity contribution in [1.82, 2.24) is 4.72 Å². The quantitative estimate of drug-likeness (QED) is 0.877. The maximum absolute atomic E-state index is 11.9. The van der Waals surface area contributed by atoms with Crippen LogP contribution in [0, 0.1) is 0 Å². The van der Waals surface area contributed by atoms with Crippen molar-refractivity contribution in [2.24, 2.45) is 0 Å². The Bertz CT molecular complexity index is 697. The Morgan fingerprint density at radius 2 is 1.78 bits per heavy atom. The number of fused-ring (bicyclic) bond motifs is 1. The zero-order valence-electron chi connectivity index (χ0n) is 9.26. The molecule has 0 aliphatic heterocycles. The van der Waals surface area contributed by atoms with Gasteiger partial charge in [-0.3, -0.25) is 4.79 Å². The van der Waals surface area contributed by atoms with Crippen LogP contribution in [0.25, 0.3) is 10.8 Å². The fraction of sp³-hybridized carbons (Fsp3) is 0.0833. The van der Waals surface area contributed by atoms with E-state index in [1.165, 1.54) is 6.07 Å².